The molecule has 1 aromatic carbocycles. The number of aromatic nitrogens is 1. The Bertz CT molecular complexity index is 590. The number of benzene rings is 1. The molecule has 108 valence electrons. The van der Waals surface area contributed by atoms with Crippen molar-refractivity contribution in [3.8, 4) is 6.07 Å². The fourth-order valence-corrected chi connectivity index (χ4v) is 2.18. The van der Waals surface area contributed by atoms with Gasteiger partial charge < -0.3 is 5.11 Å². The minimum absolute atomic E-state index is 0.556. The second kappa shape index (κ2) is 7.53. The van der Waals surface area contributed by atoms with Gasteiger partial charge in [-0.3, -0.25) is 9.88 Å². The zero-order valence-corrected chi connectivity index (χ0v) is 12.1. The minimum atomic E-state index is -0.556. The van der Waals surface area contributed by atoms with E-state index in [9.17, 15) is 5.11 Å². The quantitative estimate of drug-likeness (QED) is 0.883. The van der Waals surface area contributed by atoms with Gasteiger partial charge in [0.25, 0.3) is 0 Å². The highest BCUT2D eigenvalue weighted by Crippen LogP contribution is 2.16. The Morgan fingerprint density at radius 3 is 2.43 bits per heavy atom. The maximum Gasteiger partial charge on any atom is 0.0991 e. The van der Waals surface area contributed by atoms with Crippen LogP contribution in [0.25, 0.3) is 0 Å². The summed E-state index contributed by atoms with van der Waals surface area (Å²) in [4.78, 5) is 6.19. The van der Waals surface area contributed by atoms with Crippen LogP contribution in [0.2, 0.25) is 0 Å². The molecular formula is C17H19N3O. The lowest BCUT2D eigenvalue weighted by molar-refractivity contribution is 0.112. The Labute approximate surface area is 125 Å². The van der Waals surface area contributed by atoms with Gasteiger partial charge in [-0.1, -0.05) is 19.1 Å². The Kier molecular flexibility index (Phi) is 5.44. The summed E-state index contributed by atoms with van der Waals surface area (Å²) < 4.78 is 0. The van der Waals surface area contributed by atoms with Gasteiger partial charge in [0.2, 0.25) is 0 Å². The van der Waals surface area contributed by atoms with Gasteiger partial charge >= 0.3 is 0 Å². The van der Waals surface area contributed by atoms with Crippen LogP contribution in [-0.2, 0) is 6.54 Å². The summed E-state index contributed by atoms with van der Waals surface area (Å²) in [6, 6.07) is 13.1. The van der Waals surface area contributed by atoms with Crippen molar-refractivity contribution in [1.29, 1.82) is 5.26 Å². The van der Waals surface area contributed by atoms with Crippen molar-refractivity contribution in [3.05, 3.63) is 65.5 Å². The average molecular weight is 281 g/mol. The van der Waals surface area contributed by atoms with E-state index in [-0.39, 0.29) is 0 Å². The zero-order chi connectivity index (χ0) is 15.1. The predicted octanol–water partition coefficient (Wildman–Crippen LogP) is 2.51. The van der Waals surface area contributed by atoms with Crippen molar-refractivity contribution in [3.63, 3.8) is 0 Å². The molecule has 0 radical (unpaired) electrons. The van der Waals surface area contributed by atoms with Gasteiger partial charge in [-0.05, 0) is 41.9 Å². The molecule has 0 bridgehead atoms. The highest BCUT2D eigenvalue weighted by atomic mass is 16.3. The normalized spacial score (nSPS) is 12.1. The lowest BCUT2D eigenvalue weighted by Gasteiger charge is -2.23. The van der Waals surface area contributed by atoms with Gasteiger partial charge in [0.15, 0.2) is 0 Å². The van der Waals surface area contributed by atoms with E-state index in [0.717, 1.165) is 18.7 Å². The molecule has 0 saturated heterocycles. The molecule has 1 atom stereocenters. The molecule has 4 nitrogen and oxygen atoms in total. The molecule has 2 rings (SSSR count). The molecule has 4 heteroatoms. The molecular weight excluding hydrogens is 262 g/mol. The number of likely N-dealkylation sites (N-methyl/N-ethyl adjacent to an activating group) is 1. The lowest BCUT2D eigenvalue weighted by Crippen LogP contribution is -2.28. The van der Waals surface area contributed by atoms with Crippen molar-refractivity contribution in [1.82, 2.24) is 9.88 Å². The third-order valence-corrected chi connectivity index (χ3v) is 3.46. The second-order valence-corrected chi connectivity index (χ2v) is 4.93. The molecule has 1 aromatic heterocycles. The van der Waals surface area contributed by atoms with Crippen LogP contribution in [0.5, 0.6) is 0 Å². The standard InChI is InChI=1S/C17H19N3O/c1-2-20(12-15-7-9-19-10-8-15)13-17(21)16-5-3-14(11-18)4-6-16/h3-10,17,21H,2,12-13H2,1H3. The molecule has 1 unspecified atom stereocenters. The van der Waals surface area contributed by atoms with Crippen LogP contribution in [0.3, 0.4) is 0 Å². The molecule has 0 amide bonds. The Morgan fingerprint density at radius 2 is 1.86 bits per heavy atom. The van der Waals surface area contributed by atoms with Crippen molar-refractivity contribution in [2.24, 2.45) is 0 Å². The van der Waals surface area contributed by atoms with E-state index in [2.05, 4.69) is 22.9 Å². The molecule has 0 spiro atoms. The minimum Gasteiger partial charge on any atom is -0.387 e. The van der Waals surface area contributed by atoms with E-state index in [1.54, 1.807) is 24.5 Å². The third-order valence-electron chi connectivity index (χ3n) is 3.46. The molecule has 0 fully saturated rings. The van der Waals surface area contributed by atoms with Crippen LogP contribution in [0, 0.1) is 11.3 Å². The second-order valence-electron chi connectivity index (χ2n) is 4.93. The molecule has 0 saturated carbocycles. The van der Waals surface area contributed by atoms with Crippen molar-refractivity contribution >= 4 is 0 Å². The van der Waals surface area contributed by atoms with Gasteiger partial charge in [0, 0.05) is 25.5 Å². The Hall–Kier alpha value is -2.22. The molecule has 0 aliphatic rings. The first-order chi connectivity index (χ1) is 10.2. The van der Waals surface area contributed by atoms with Crippen LogP contribution < -0.4 is 0 Å². The number of aliphatic hydroxyl groups excluding tert-OH is 1. The largest absolute Gasteiger partial charge is 0.387 e. The fourth-order valence-electron chi connectivity index (χ4n) is 2.18. The van der Waals surface area contributed by atoms with Crippen LogP contribution in [-0.4, -0.2) is 28.1 Å². The average Bonchev–Trinajstić information content (AvgIpc) is 2.55. The molecule has 21 heavy (non-hydrogen) atoms. The molecule has 1 N–H and O–H groups in total. The topological polar surface area (TPSA) is 60.1 Å². The lowest BCUT2D eigenvalue weighted by atomic mass is 10.1. The van der Waals surface area contributed by atoms with Crippen molar-refractivity contribution < 1.29 is 5.11 Å². The molecule has 1 heterocycles. The van der Waals surface area contributed by atoms with E-state index in [1.165, 1.54) is 5.56 Å². The summed E-state index contributed by atoms with van der Waals surface area (Å²) >= 11 is 0. The van der Waals surface area contributed by atoms with E-state index >= 15 is 0 Å². The van der Waals surface area contributed by atoms with Gasteiger partial charge in [0.05, 0.1) is 17.7 Å². The number of nitrogens with zero attached hydrogens (tertiary/aromatic N) is 3. The fraction of sp³-hybridized carbons (Fsp3) is 0.294. The summed E-state index contributed by atoms with van der Waals surface area (Å²) in [6.45, 7) is 4.28. The van der Waals surface area contributed by atoms with E-state index in [0.29, 0.717) is 12.1 Å². The number of aliphatic hydroxyl groups is 1. The Morgan fingerprint density at radius 1 is 1.19 bits per heavy atom. The summed E-state index contributed by atoms with van der Waals surface area (Å²) in [7, 11) is 0. The first-order valence-corrected chi connectivity index (χ1v) is 7.02. The Balaban J connectivity index is 1.98. The summed E-state index contributed by atoms with van der Waals surface area (Å²) in [5.41, 5.74) is 2.62. The smallest absolute Gasteiger partial charge is 0.0991 e. The van der Waals surface area contributed by atoms with Gasteiger partial charge in [-0.2, -0.15) is 5.26 Å². The van der Waals surface area contributed by atoms with Crippen LogP contribution >= 0.6 is 0 Å². The van der Waals surface area contributed by atoms with Gasteiger partial charge in [0.1, 0.15) is 0 Å². The van der Waals surface area contributed by atoms with Crippen molar-refractivity contribution in [2.75, 3.05) is 13.1 Å². The molecule has 0 aliphatic heterocycles. The first kappa shape index (κ1) is 15.2. The van der Waals surface area contributed by atoms with Crippen LogP contribution in [0.4, 0.5) is 0 Å². The number of rotatable bonds is 6. The van der Waals surface area contributed by atoms with E-state index in [4.69, 9.17) is 5.26 Å². The van der Waals surface area contributed by atoms with E-state index in [1.807, 2.05) is 24.3 Å². The zero-order valence-electron chi connectivity index (χ0n) is 12.1. The third kappa shape index (κ3) is 4.38. The number of hydrogen-bond acceptors (Lipinski definition) is 4. The highest BCUT2D eigenvalue weighted by molar-refractivity contribution is 5.32. The monoisotopic (exact) mass is 281 g/mol. The van der Waals surface area contributed by atoms with Gasteiger partial charge in [-0.15, -0.1) is 0 Å². The summed E-state index contributed by atoms with van der Waals surface area (Å²) in [5.74, 6) is 0. The predicted molar refractivity (Wildman–Crippen MR) is 81.3 cm³/mol. The highest BCUT2D eigenvalue weighted by Gasteiger charge is 2.12. The summed E-state index contributed by atoms with van der Waals surface area (Å²) in [5, 5.41) is 19.1. The van der Waals surface area contributed by atoms with Gasteiger partial charge in [-0.25, -0.2) is 0 Å². The SMILES string of the molecule is CCN(Cc1ccncc1)CC(O)c1ccc(C#N)cc1. The first-order valence-electron chi connectivity index (χ1n) is 7.02. The molecule has 0 aliphatic carbocycles. The number of pyridine rings is 1. The maximum atomic E-state index is 10.3. The number of nitriles is 1. The van der Waals surface area contributed by atoms with Crippen molar-refractivity contribution in [2.45, 2.75) is 19.6 Å². The molecule has 2 aromatic rings. The van der Waals surface area contributed by atoms with Crippen LogP contribution in [0.1, 0.15) is 29.7 Å². The maximum absolute atomic E-state index is 10.3. The van der Waals surface area contributed by atoms with Crippen LogP contribution in [0.15, 0.2) is 48.8 Å². The van der Waals surface area contributed by atoms with E-state index < -0.39 is 6.10 Å². The number of hydrogen-bond donors (Lipinski definition) is 1. The summed E-state index contributed by atoms with van der Waals surface area (Å²) in [6.07, 6.45) is 3.00.